The molecule has 1 spiro atoms. The molecule has 0 amide bonds. The second kappa shape index (κ2) is 7.07. The van der Waals surface area contributed by atoms with Gasteiger partial charge in [0.15, 0.2) is 0 Å². The van der Waals surface area contributed by atoms with E-state index in [1.165, 1.54) is 5.56 Å². The summed E-state index contributed by atoms with van der Waals surface area (Å²) in [6.07, 6.45) is 2.33. The Kier molecular flexibility index (Phi) is 4.54. The second-order valence-corrected chi connectivity index (χ2v) is 8.32. The quantitative estimate of drug-likeness (QED) is 0.856. The van der Waals surface area contributed by atoms with Crippen LogP contribution in [-0.2, 0) is 6.42 Å². The van der Waals surface area contributed by atoms with Crippen LogP contribution in [0.5, 0.6) is 11.5 Å². The third-order valence-electron chi connectivity index (χ3n) is 6.47. The van der Waals surface area contributed by atoms with E-state index < -0.39 is 12.2 Å². The highest BCUT2D eigenvalue weighted by molar-refractivity contribution is 5.40. The molecule has 1 fully saturated rings. The zero-order chi connectivity index (χ0) is 19.1. The van der Waals surface area contributed by atoms with Gasteiger partial charge in [0.2, 0.25) is 0 Å². The molecule has 2 aromatic rings. The van der Waals surface area contributed by atoms with E-state index in [1.54, 1.807) is 0 Å². The first-order chi connectivity index (χ1) is 13.6. The number of fused-ring (bicyclic) bond motifs is 2. The zero-order valence-electron chi connectivity index (χ0n) is 16.0. The van der Waals surface area contributed by atoms with Gasteiger partial charge in [-0.2, -0.15) is 0 Å². The fourth-order valence-corrected chi connectivity index (χ4v) is 4.80. The average Bonchev–Trinajstić information content (AvgIpc) is 3.18. The van der Waals surface area contributed by atoms with E-state index in [-0.39, 0.29) is 5.60 Å². The van der Waals surface area contributed by atoms with Crippen molar-refractivity contribution >= 4 is 0 Å². The number of piperidine rings is 1. The van der Waals surface area contributed by atoms with Crippen molar-refractivity contribution < 1.29 is 19.7 Å². The van der Waals surface area contributed by atoms with Crippen molar-refractivity contribution in [3.63, 3.8) is 0 Å². The van der Waals surface area contributed by atoms with Gasteiger partial charge >= 0.3 is 0 Å². The van der Waals surface area contributed by atoms with Gasteiger partial charge in [0.25, 0.3) is 0 Å². The van der Waals surface area contributed by atoms with Crippen molar-refractivity contribution in [2.24, 2.45) is 0 Å². The molecule has 3 heterocycles. The number of β-amino-alcohol motifs (C(OH)–C–C–N with tert-alkyl or cyclic N) is 1. The molecular formula is C23H27NO4. The predicted molar refractivity (Wildman–Crippen MR) is 106 cm³/mol. The van der Waals surface area contributed by atoms with Gasteiger partial charge in [-0.3, -0.25) is 0 Å². The van der Waals surface area contributed by atoms with Crippen LogP contribution in [0.25, 0.3) is 0 Å². The lowest BCUT2D eigenvalue weighted by Gasteiger charge is -2.46. The van der Waals surface area contributed by atoms with Crippen LogP contribution in [0.15, 0.2) is 42.5 Å². The van der Waals surface area contributed by atoms with Gasteiger partial charge in [-0.15, -0.1) is 0 Å². The SMILES string of the molecule is O[C@H](CN1CCC2(CC1)C[C@@H](O)c1ccccc1O2)c1ccc2c(c1)CCO2. The minimum absolute atomic E-state index is 0.292. The molecule has 0 unspecified atom stereocenters. The van der Waals surface area contributed by atoms with Crippen molar-refractivity contribution in [2.75, 3.05) is 26.2 Å². The maximum Gasteiger partial charge on any atom is 0.125 e. The van der Waals surface area contributed by atoms with Crippen LogP contribution in [0.1, 0.15) is 48.2 Å². The number of likely N-dealkylation sites (tertiary alicyclic amines) is 1. The number of aliphatic hydroxyl groups is 2. The summed E-state index contributed by atoms with van der Waals surface area (Å²) in [6.45, 7) is 3.08. The molecule has 5 rings (SSSR count). The Hall–Kier alpha value is -2.08. The molecule has 1 saturated heterocycles. The van der Waals surface area contributed by atoms with Gasteiger partial charge in [0.1, 0.15) is 17.1 Å². The molecule has 5 nitrogen and oxygen atoms in total. The number of hydrogen-bond acceptors (Lipinski definition) is 5. The van der Waals surface area contributed by atoms with Gasteiger partial charge in [0.05, 0.1) is 18.8 Å². The van der Waals surface area contributed by atoms with Crippen LogP contribution in [0, 0.1) is 0 Å². The Labute approximate surface area is 165 Å². The van der Waals surface area contributed by atoms with E-state index in [2.05, 4.69) is 11.0 Å². The number of benzene rings is 2. The van der Waals surface area contributed by atoms with Crippen molar-refractivity contribution in [2.45, 2.75) is 43.5 Å². The summed E-state index contributed by atoms with van der Waals surface area (Å²) in [6, 6.07) is 13.8. The summed E-state index contributed by atoms with van der Waals surface area (Å²) < 4.78 is 11.9. The third-order valence-corrected chi connectivity index (χ3v) is 6.47. The average molecular weight is 381 g/mol. The minimum Gasteiger partial charge on any atom is -0.493 e. The molecule has 0 bridgehead atoms. The summed E-state index contributed by atoms with van der Waals surface area (Å²) in [5.74, 6) is 1.76. The summed E-state index contributed by atoms with van der Waals surface area (Å²) in [5, 5.41) is 21.3. The summed E-state index contributed by atoms with van der Waals surface area (Å²) in [7, 11) is 0. The van der Waals surface area contributed by atoms with Crippen molar-refractivity contribution in [1.82, 2.24) is 4.90 Å². The number of nitrogens with zero attached hydrogens (tertiary/aromatic N) is 1. The first kappa shape index (κ1) is 18.0. The van der Waals surface area contributed by atoms with E-state index in [0.717, 1.165) is 61.6 Å². The van der Waals surface area contributed by atoms with E-state index in [0.29, 0.717) is 13.0 Å². The first-order valence-electron chi connectivity index (χ1n) is 10.2. The van der Waals surface area contributed by atoms with Crippen LogP contribution in [-0.4, -0.2) is 47.0 Å². The summed E-state index contributed by atoms with van der Waals surface area (Å²) in [5.41, 5.74) is 2.76. The van der Waals surface area contributed by atoms with E-state index >= 15 is 0 Å². The number of aliphatic hydroxyl groups excluding tert-OH is 2. The first-order valence-corrected chi connectivity index (χ1v) is 10.2. The topological polar surface area (TPSA) is 62.2 Å². The van der Waals surface area contributed by atoms with Crippen LogP contribution in [0.2, 0.25) is 0 Å². The van der Waals surface area contributed by atoms with Crippen molar-refractivity contribution in [3.05, 3.63) is 59.2 Å². The molecule has 2 aromatic carbocycles. The number of para-hydroxylation sites is 1. The molecular weight excluding hydrogens is 354 g/mol. The standard InChI is InChI=1S/C23H27NO4/c25-19-14-23(28-22-4-2-1-3-18(19)22)8-10-24(11-9-23)15-20(26)16-5-6-21-17(13-16)7-12-27-21/h1-6,13,19-20,25-26H,7-12,14-15H2/t19-,20-/m1/s1. The Bertz CT molecular complexity index is 859. The monoisotopic (exact) mass is 381 g/mol. The van der Waals surface area contributed by atoms with Crippen LogP contribution in [0.3, 0.4) is 0 Å². The van der Waals surface area contributed by atoms with Gasteiger partial charge < -0.3 is 24.6 Å². The maximum absolute atomic E-state index is 10.7. The number of rotatable bonds is 3. The highest BCUT2D eigenvalue weighted by Gasteiger charge is 2.42. The molecule has 5 heteroatoms. The molecule has 0 aromatic heterocycles. The Balaban J connectivity index is 1.22. The highest BCUT2D eigenvalue weighted by atomic mass is 16.5. The molecule has 3 aliphatic heterocycles. The molecule has 148 valence electrons. The minimum atomic E-state index is -0.501. The van der Waals surface area contributed by atoms with E-state index in [4.69, 9.17) is 9.47 Å². The largest absolute Gasteiger partial charge is 0.493 e. The van der Waals surface area contributed by atoms with Crippen LogP contribution < -0.4 is 9.47 Å². The van der Waals surface area contributed by atoms with Gasteiger partial charge in [-0.05, 0) is 42.2 Å². The molecule has 3 aliphatic rings. The van der Waals surface area contributed by atoms with Gasteiger partial charge in [-0.25, -0.2) is 0 Å². The lowest BCUT2D eigenvalue weighted by Crippen LogP contribution is -2.51. The number of hydrogen-bond donors (Lipinski definition) is 2. The van der Waals surface area contributed by atoms with Crippen molar-refractivity contribution in [1.29, 1.82) is 0 Å². The molecule has 0 saturated carbocycles. The molecule has 2 atom stereocenters. The smallest absolute Gasteiger partial charge is 0.125 e. The van der Waals surface area contributed by atoms with Crippen LogP contribution in [0.4, 0.5) is 0 Å². The van der Waals surface area contributed by atoms with Gasteiger partial charge in [-0.1, -0.05) is 24.3 Å². The Morgan fingerprint density at radius 2 is 1.93 bits per heavy atom. The fraction of sp³-hybridized carbons (Fsp3) is 0.478. The second-order valence-electron chi connectivity index (χ2n) is 8.32. The maximum atomic E-state index is 10.7. The molecule has 0 aliphatic carbocycles. The third kappa shape index (κ3) is 3.28. The van der Waals surface area contributed by atoms with Gasteiger partial charge in [0, 0.05) is 38.0 Å². The number of ether oxygens (including phenoxy) is 2. The molecule has 0 radical (unpaired) electrons. The van der Waals surface area contributed by atoms with Crippen LogP contribution >= 0.6 is 0 Å². The summed E-state index contributed by atoms with van der Waals surface area (Å²) >= 11 is 0. The molecule has 28 heavy (non-hydrogen) atoms. The Morgan fingerprint density at radius 1 is 1.11 bits per heavy atom. The highest BCUT2D eigenvalue weighted by Crippen LogP contribution is 2.44. The Morgan fingerprint density at radius 3 is 2.79 bits per heavy atom. The van der Waals surface area contributed by atoms with E-state index in [9.17, 15) is 10.2 Å². The fourth-order valence-electron chi connectivity index (χ4n) is 4.80. The molecule has 2 N–H and O–H groups in total. The zero-order valence-corrected chi connectivity index (χ0v) is 16.0. The normalized spacial score (nSPS) is 24.1. The lowest BCUT2D eigenvalue weighted by atomic mass is 9.81. The lowest BCUT2D eigenvalue weighted by molar-refractivity contribution is -0.0587. The predicted octanol–water partition coefficient (Wildman–Crippen LogP) is 3.01. The summed E-state index contributed by atoms with van der Waals surface area (Å²) in [4.78, 5) is 2.30. The van der Waals surface area contributed by atoms with Crippen molar-refractivity contribution in [3.8, 4) is 11.5 Å². The van der Waals surface area contributed by atoms with E-state index in [1.807, 2.05) is 36.4 Å².